The normalized spacial score (nSPS) is 10.7. The number of benzene rings is 2. The summed E-state index contributed by atoms with van der Waals surface area (Å²) < 4.78 is 2.88. The van der Waals surface area contributed by atoms with E-state index in [-0.39, 0.29) is 0 Å². The molecule has 5 nitrogen and oxygen atoms in total. The van der Waals surface area contributed by atoms with Crippen molar-refractivity contribution in [2.75, 3.05) is 5.32 Å². The quantitative estimate of drug-likeness (QED) is 0.671. The molecule has 0 atom stereocenters. The number of aryl methyl sites for hydroxylation is 3. The molecule has 0 bridgehead atoms. The summed E-state index contributed by atoms with van der Waals surface area (Å²) in [5.41, 5.74) is 5.50. The second kappa shape index (κ2) is 6.04. The highest BCUT2D eigenvalue weighted by Gasteiger charge is 2.13. The molecule has 112 valence electrons. The summed E-state index contributed by atoms with van der Waals surface area (Å²) in [6.45, 7) is 6.19. The second-order valence-corrected chi connectivity index (χ2v) is 6.43. The lowest BCUT2D eigenvalue weighted by Crippen LogP contribution is -2.07. The SMILES string of the molecule is Cc1ccc(Nc2nnnn2-c2c(C)cccc2C)c(I)c1. The average molecular weight is 405 g/mol. The zero-order valence-electron chi connectivity index (χ0n) is 12.6. The zero-order valence-corrected chi connectivity index (χ0v) is 14.8. The highest BCUT2D eigenvalue weighted by molar-refractivity contribution is 14.1. The van der Waals surface area contributed by atoms with Crippen molar-refractivity contribution in [1.82, 2.24) is 20.2 Å². The van der Waals surface area contributed by atoms with E-state index in [0.717, 1.165) is 26.1 Å². The minimum atomic E-state index is 0.610. The first-order valence-corrected chi connectivity index (χ1v) is 8.02. The van der Waals surface area contributed by atoms with Crippen LogP contribution in [0.25, 0.3) is 5.69 Å². The lowest BCUT2D eigenvalue weighted by atomic mass is 10.1. The molecule has 6 heteroatoms. The van der Waals surface area contributed by atoms with Gasteiger partial charge in [0.05, 0.1) is 11.4 Å². The van der Waals surface area contributed by atoms with E-state index in [1.54, 1.807) is 4.68 Å². The Morgan fingerprint density at radius 1 is 1.05 bits per heavy atom. The first-order valence-electron chi connectivity index (χ1n) is 6.94. The van der Waals surface area contributed by atoms with E-state index in [4.69, 9.17) is 0 Å². The van der Waals surface area contributed by atoms with E-state index < -0.39 is 0 Å². The maximum Gasteiger partial charge on any atom is 0.252 e. The van der Waals surface area contributed by atoms with Gasteiger partial charge in [-0.2, -0.15) is 4.68 Å². The maximum absolute atomic E-state index is 4.14. The van der Waals surface area contributed by atoms with E-state index in [1.165, 1.54) is 5.56 Å². The Morgan fingerprint density at radius 2 is 1.77 bits per heavy atom. The van der Waals surface area contributed by atoms with Crippen molar-refractivity contribution in [2.24, 2.45) is 0 Å². The molecule has 0 unspecified atom stereocenters. The average Bonchev–Trinajstić information content (AvgIpc) is 2.90. The molecule has 0 spiro atoms. The Kier molecular flexibility index (Phi) is 4.10. The van der Waals surface area contributed by atoms with E-state index in [9.17, 15) is 0 Å². The van der Waals surface area contributed by atoms with Gasteiger partial charge >= 0.3 is 0 Å². The third kappa shape index (κ3) is 2.83. The molecule has 2 aromatic carbocycles. The molecule has 1 heterocycles. The van der Waals surface area contributed by atoms with Crippen molar-refractivity contribution in [3.63, 3.8) is 0 Å². The molecule has 0 fully saturated rings. The maximum atomic E-state index is 4.14. The van der Waals surface area contributed by atoms with Gasteiger partial charge in [-0.1, -0.05) is 29.4 Å². The van der Waals surface area contributed by atoms with E-state index in [2.05, 4.69) is 88.5 Å². The minimum Gasteiger partial charge on any atom is -0.322 e. The number of hydrogen-bond acceptors (Lipinski definition) is 4. The topological polar surface area (TPSA) is 55.6 Å². The Bertz CT molecular complexity index is 805. The Hall–Kier alpha value is -1.96. The molecule has 22 heavy (non-hydrogen) atoms. The number of halogens is 1. The third-order valence-electron chi connectivity index (χ3n) is 3.49. The highest BCUT2D eigenvalue weighted by Crippen LogP contribution is 2.25. The van der Waals surface area contributed by atoms with Crippen LogP contribution in [0, 0.1) is 24.3 Å². The van der Waals surface area contributed by atoms with Crippen LogP contribution in [0.15, 0.2) is 36.4 Å². The second-order valence-electron chi connectivity index (χ2n) is 5.26. The van der Waals surface area contributed by atoms with Crippen molar-refractivity contribution in [3.8, 4) is 5.69 Å². The first kappa shape index (κ1) is 15.0. The number of para-hydroxylation sites is 1. The summed E-state index contributed by atoms with van der Waals surface area (Å²) in [6.07, 6.45) is 0. The summed E-state index contributed by atoms with van der Waals surface area (Å²) in [5, 5.41) is 15.4. The number of aromatic nitrogens is 4. The molecule has 3 aromatic rings. The standard InChI is InChI=1S/C16H16IN5/c1-10-7-8-14(13(17)9-10)18-16-19-20-21-22(16)15-11(2)5-4-6-12(15)3/h4-9H,1-3H3,(H,18,19,21). The van der Waals surface area contributed by atoms with Crippen LogP contribution in [-0.2, 0) is 0 Å². The van der Waals surface area contributed by atoms with Crippen molar-refractivity contribution in [2.45, 2.75) is 20.8 Å². The Morgan fingerprint density at radius 3 is 2.45 bits per heavy atom. The van der Waals surface area contributed by atoms with Gasteiger partial charge < -0.3 is 5.32 Å². The fourth-order valence-corrected chi connectivity index (χ4v) is 3.20. The molecule has 1 N–H and O–H groups in total. The van der Waals surface area contributed by atoms with Gasteiger partial charge in [0.2, 0.25) is 0 Å². The van der Waals surface area contributed by atoms with Gasteiger partial charge in [0.15, 0.2) is 0 Å². The molecule has 1 aromatic heterocycles. The lowest BCUT2D eigenvalue weighted by molar-refractivity contribution is 0.784. The molecule has 0 aliphatic heterocycles. The Balaban J connectivity index is 2.03. The number of anilines is 2. The molecule has 0 saturated heterocycles. The van der Waals surface area contributed by atoms with E-state index in [1.807, 2.05) is 12.1 Å². The van der Waals surface area contributed by atoms with Gasteiger partial charge in [0.1, 0.15) is 0 Å². The van der Waals surface area contributed by atoms with Crippen LogP contribution in [0.3, 0.4) is 0 Å². The first-order chi connectivity index (χ1) is 10.6. The molecule has 3 rings (SSSR count). The predicted octanol–water partition coefficient (Wildman–Crippen LogP) is 3.94. The van der Waals surface area contributed by atoms with E-state index >= 15 is 0 Å². The summed E-state index contributed by atoms with van der Waals surface area (Å²) >= 11 is 2.31. The van der Waals surface area contributed by atoms with Crippen molar-refractivity contribution in [3.05, 3.63) is 56.7 Å². The van der Waals surface area contributed by atoms with Gasteiger partial charge in [0.25, 0.3) is 5.95 Å². The Labute approximate surface area is 142 Å². The summed E-state index contributed by atoms with van der Waals surface area (Å²) in [6, 6.07) is 12.4. The van der Waals surface area contributed by atoms with Gasteiger partial charge in [-0.05, 0) is 82.6 Å². The van der Waals surface area contributed by atoms with Crippen LogP contribution in [0.5, 0.6) is 0 Å². The van der Waals surface area contributed by atoms with Gasteiger partial charge in [-0.25, -0.2) is 0 Å². The number of rotatable bonds is 3. The third-order valence-corrected chi connectivity index (χ3v) is 4.38. The van der Waals surface area contributed by atoms with E-state index in [0.29, 0.717) is 5.95 Å². The van der Waals surface area contributed by atoms with Crippen LogP contribution in [0.1, 0.15) is 16.7 Å². The molecular weight excluding hydrogens is 389 g/mol. The van der Waals surface area contributed by atoms with Gasteiger partial charge in [0, 0.05) is 3.57 Å². The predicted molar refractivity (Wildman–Crippen MR) is 95.8 cm³/mol. The molecule has 0 aliphatic carbocycles. The lowest BCUT2D eigenvalue weighted by Gasteiger charge is -2.12. The van der Waals surface area contributed by atoms with Crippen LogP contribution in [0.2, 0.25) is 0 Å². The smallest absolute Gasteiger partial charge is 0.252 e. The summed E-state index contributed by atoms with van der Waals surface area (Å²) in [4.78, 5) is 0. The molecule has 0 radical (unpaired) electrons. The fraction of sp³-hybridized carbons (Fsp3) is 0.188. The van der Waals surface area contributed by atoms with Crippen LogP contribution in [0.4, 0.5) is 11.6 Å². The molecule has 0 amide bonds. The summed E-state index contributed by atoms with van der Waals surface area (Å²) in [7, 11) is 0. The minimum absolute atomic E-state index is 0.610. The molecular formula is C16H16IN5. The fourth-order valence-electron chi connectivity index (χ4n) is 2.40. The molecule has 0 aliphatic rings. The largest absolute Gasteiger partial charge is 0.322 e. The van der Waals surface area contributed by atoms with Gasteiger partial charge in [-0.3, -0.25) is 0 Å². The van der Waals surface area contributed by atoms with Gasteiger partial charge in [-0.15, -0.1) is 0 Å². The van der Waals surface area contributed by atoms with Crippen LogP contribution < -0.4 is 5.32 Å². The monoisotopic (exact) mass is 405 g/mol. The van der Waals surface area contributed by atoms with Crippen molar-refractivity contribution < 1.29 is 0 Å². The zero-order chi connectivity index (χ0) is 15.7. The molecule has 0 saturated carbocycles. The highest BCUT2D eigenvalue weighted by atomic mass is 127. The summed E-state index contributed by atoms with van der Waals surface area (Å²) in [5.74, 6) is 0.610. The number of nitrogens with zero attached hydrogens (tertiary/aromatic N) is 4. The van der Waals surface area contributed by atoms with Crippen molar-refractivity contribution in [1.29, 1.82) is 0 Å². The number of tetrazole rings is 1. The van der Waals surface area contributed by atoms with Crippen LogP contribution >= 0.6 is 22.6 Å². The number of nitrogens with one attached hydrogen (secondary N) is 1. The van der Waals surface area contributed by atoms with Crippen molar-refractivity contribution >= 4 is 34.2 Å². The van der Waals surface area contributed by atoms with Crippen LogP contribution in [-0.4, -0.2) is 20.2 Å². The number of hydrogen-bond donors (Lipinski definition) is 1.